The Balaban J connectivity index is 2.32. The first kappa shape index (κ1) is 15.3. The van der Waals surface area contributed by atoms with Crippen LogP contribution in [0.4, 0.5) is 13.2 Å². The standard InChI is InChI=1S/C14H11F3N4O2/c1-7-4-10(13(6-18,8-2-3-8)14(15,16)17)20-11-9(12(22)23)5-19-21(7)11/h4-5,8H,2-3H2,1H3,(H,22,23). The predicted octanol–water partition coefficient (Wildman–Crippen LogP) is 2.47. The number of carbonyl (C=O) groups is 1. The molecule has 9 heteroatoms. The highest BCUT2D eigenvalue weighted by Crippen LogP contribution is 2.55. The highest BCUT2D eigenvalue weighted by atomic mass is 19.4. The van der Waals surface area contributed by atoms with Gasteiger partial charge in [0, 0.05) is 5.69 Å². The number of rotatable bonds is 3. The maximum absolute atomic E-state index is 13.7. The van der Waals surface area contributed by atoms with Crippen LogP contribution in [0.5, 0.6) is 0 Å². The minimum atomic E-state index is -4.80. The first-order valence-electron chi connectivity index (χ1n) is 6.79. The van der Waals surface area contributed by atoms with Crippen molar-refractivity contribution in [1.82, 2.24) is 14.6 Å². The summed E-state index contributed by atoms with van der Waals surface area (Å²) in [5, 5.41) is 22.3. The molecule has 120 valence electrons. The van der Waals surface area contributed by atoms with Gasteiger partial charge in [-0.25, -0.2) is 14.3 Å². The minimum Gasteiger partial charge on any atom is -0.477 e. The molecule has 6 nitrogen and oxygen atoms in total. The second-order valence-electron chi connectivity index (χ2n) is 5.57. The molecule has 2 aromatic rings. The second kappa shape index (κ2) is 4.68. The van der Waals surface area contributed by atoms with Gasteiger partial charge in [0.05, 0.1) is 18.0 Å². The summed E-state index contributed by atoms with van der Waals surface area (Å²) >= 11 is 0. The van der Waals surface area contributed by atoms with E-state index in [-0.39, 0.29) is 29.7 Å². The fraction of sp³-hybridized carbons (Fsp3) is 0.429. The zero-order chi connectivity index (χ0) is 17.0. The van der Waals surface area contributed by atoms with Gasteiger partial charge in [-0.15, -0.1) is 0 Å². The molecule has 1 unspecified atom stereocenters. The number of nitrogens with zero attached hydrogens (tertiary/aromatic N) is 4. The van der Waals surface area contributed by atoms with Crippen molar-refractivity contribution in [3.05, 3.63) is 29.2 Å². The molecule has 1 aliphatic carbocycles. The zero-order valence-electron chi connectivity index (χ0n) is 11.9. The Kier molecular flexibility index (Phi) is 3.11. The predicted molar refractivity (Wildman–Crippen MR) is 70.8 cm³/mol. The van der Waals surface area contributed by atoms with Crippen LogP contribution in [0.25, 0.3) is 5.65 Å². The summed E-state index contributed by atoms with van der Waals surface area (Å²) in [5.74, 6) is -2.21. The average Bonchev–Trinajstić information content (AvgIpc) is 3.17. The van der Waals surface area contributed by atoms with Gasteiger partial charge in [0.1, 0.15) is 5.56 Å². The topological polar surface area (TPSA) is 91.3 Å². The number of carboxylic acid groups (broad SMARTS) is 1. The molecule has 0 saturated heterocycles. The van der Waals surface area contributed by atoms with E-state index in [1.165, 1.54) is 13.0 Å². The summed E-state index contributed by atoms with van der Waals surface area (Å²) < 4.78 is 42.2. The van der Waals surface area contributed by atoms with Gasteiger partial charge in [-0.3, -0.25) is 0 Å². The van der Waals surface area contributed by atoms with Crippen molar-refractivity contribution < 1.29 is 23.1 Å². The zero-order valence-corrected chi connectivity index (χ0v) is 11.9. The van der Waals surface area contributed by atoms with Crippen LogP contribution in [0.2, 0.25) is 0 Å². The number of aryl methyl sites for hydroxylation is 1. The van der Waals surface area contributed by atoms with Crippen molar-refractivity contribution in [1.29, 1.82) is 5.26 Å². The number of alkyl halides is 3. The number of fused-ring (bicyclic) bond motifs is 1. The van der Waals surface area contributed by atoms with Gasteiger partial charge >= 0.3 is 12.1 Å². The molecular formula is C14H11F3N4O2. The van der Waals surface area contributed by atoms with Crippen LogP contribution >= 0.6 is 0 Å². The van der Waals surface area contributed by atoms with Crippen LogP contribution in [0, 0.1) is 24.2 Å². The Morgan fingerprint density at radius 2 is 2.13 bits per heavy atom. The highest BCUT2D eigenvalue weighted by Gasteiger charge is 2.65. The second-order valence-corrected chi connectivity index (χ2v) is 5.57. The molecule has 2 heterocycles. The average molecular weight is 324 g/mol. The van der Waals surface area contributed by atoms with Gasteiger partial charge in [0.25, 0.3) is 0 Å². The van der Waals surface area contributed by atoms with Crippen molar-refractivity contribution in [2.75, 3.05) is 0 Å². The molecule has 0 aromatic carbocycles. The van der Waals surface area contributed by atoms with Gasteiger partial charge < -0.3 is 5.11 Å². The smallest absolute Gasteiger partial charge is 0.413 e. The van der Waals surface area contributed by atoms with E-state index in [2.05, 4.69) is 10.1 Å². The summed E-state index contributed by atoms with van der Waals surface area (Å²) in [5.41, 5.74) is -3.42. The fourth-order valence-corrected chi connectivity index (χ4v) is 2.78. The van der Waals surface area contributed by atoms with Crippen LogP contribution in [0.15, 0.2) is 12.3 Å². The van der Waals surface area contributed by atoms with Gasteiger partial charge in [0.15, 0.2) is 11.1 Å². The molecule has 1 atom stereocenters. The van der Waals surface area contributed by atoms with E-state index < -0.39 is 29.2 Å². The van der Waals surface area contributed by atoms with Gasteiger partial charge in [0.2, 0.25) is 0 Å². The first-order valence-corrected chi connectivity index (χ1v) is 6.79. The number of nitriles is 1. The van der Waals surface area contributed by atoms with Crippen LogP contribution in [-0.2, 0) is 5.41 Å². The Morgan fingerprint density at radius 1 is 1.48 bits per heavy atom. The highest BCUT2D eigenvalue weighted by molar-refractivity contribution is 5.94. The monoisotopic (exact) mass is 324 g/mol. The normalized spacial score (nSPS) is 17.7. The maximum atomic E-state index is 13.7. The van der Waals surface area contributed by atoms with Gasteiger partial charge in [-0.2, -0.15) is 23.5 Å². The molecule has 0 amide bonds. The van der Waals surface area contributed by atoms with E-state index in [0.29, 0.717) is 0 Å². The largest absolute Gasteiger partial charge is 0.477 e. The Bertz CT molecular complexity index is 848. The van der Waals surface area contributed by atoms with E-state index in [4.69, 9.17) is 5.11 Å². The lowest BCUT2D eigenvalue weighted by molar-refractivity contribution is -0.180. The molecule has 2 aromatic heterocycles. The third-order valence-electron chi connectivity index (χ3n) is 4.10. The van der Waals surface area contributed by atoms with E-state index in [1.54, 1.807) is 0 Å². The number of halogens is 3. The minimum absolute atomic E-state index is 0.197. The molecule has 1 saturated carbocycles. The molecule has 0 aliphatic heterocycles. The van der Waals surface area contributed by atoms with Gasteiger partial charge in [-0.05, 0) is 31.7 Å². The van der Waals surface area contributed by atoms with Crippen LogP contribution in [-0.4, -0.2) is 31.9 Å². The number of aromatic nitrogens is 3. The summed E-state index contributed by atoms with van der Waals surface area (Å²) in [4.78, 5) is 15.0. The van der Waals surface area contributed by atoms with E-state index in [0.717, 1.165) is 16.8 Å². The van der Waals surface area contributed by atoms with Gasteiger partial charge in [-0.1, -0.05) is 0 Å². The van der Waals surface area contributed by atoms with Crippen molar-refractivity contribution in [3.63, 3.8) is 0 Å². The lowest BCUT2D eigenvalue weighted by atomic mass is 9.79. The molecule has 23 heavy (non-hydrogen) atoms. The molecule has 1 aliphatic rings. The SMILES string of the molecule is Cc1cc(C(C#N)(C2CC2)C(F)(F)F)nc2c(C(=O)O)cnn12. The summed E-state index contributed by atoms with van der Waals surface area (Å²) in [6.07, 6.45) is -3.21. The molecule has 0 radical (unpaired) electrons. The molecule has 0 bridgehead atoms. The molecule has 3 rings (SSSR count). The molecule has 1 N–H and O–H groups in total. The Labute approximate surface area is 128 Å². The summed E-state index contributed by atoms with van der Waals surface area (Å²) in [7, 11) is 0. The van der Waals surface area contributed by atoms with E-state index in [1.807, 2.05) is 0 Å². The van der Waals surface area contributed by atoms with Crippen LogP contribution in [0.1, 0.15) is 34.6 Å². The fourth-order valence-electron chi connectivity index (χ4n) is 2.78. The quantitative estimate of drug-likeness (QED) is 0.936. The van der Waals surface area contributed by atoms with E-state index in [9.17, 15) is 23.2 Å². The van der Waals surface area contributed by atoms with Crippen molar-refractivity contribution >= 4 is 11.6 Å². The first-order chi connectivity index (χ1) is 10.7. The third-order valence-corrected chi connectivity index (χ3v) is 4.10. The Hall–Kier alpha value is -2.63. The molecular weight excluding hydrogens is 313 g/mol. The lowest BCUT2D eigenvalue weighted by Gasteiger charge is -2.29. The van der Waals surface area contributed by atoms with Crippen molar-refractivity contribution in [2.45, 2.75) is 31.4 Å². The maximum Gasteiger partial charge on any atom is 0.413 e. The van der Waals surface area contributed by atoms with Crippen LogP contribution in [0.3, 0.4) is 0 Å². The molecule has 0 spiro atoms. The molecule has 1 fully saturated rings. The van der Waals surface area contributed by atoms with E-state index >= 15 is 0 Å². The number of hydrogen-bond donors (Lipinski definition) is 1. The number of carboxylic acids is 1. The number of aromatic carboxylic acids is 1. The summed E-state index contributed by atoms with van der Waals surface area (Å²) in [6, 6.07) is 2.56. The van der Waals surface area contributed by atoms with Crippen LogP contribution < -0.4 is 0 Å². The summed E-state index contributed by atoms with van der Waals surface area (Å²) in [6.45, 7) is 1.49. The van der Waals surface area contributed by atoms with Crippen molar-refractivity contribution in [3.8, 4) is 6.07 Å². The lowest BCUT2D eigenvalue weighted by Crippen LogP contribution is -2.44. The third kappa shape index (κ3) is 2.05. The Morgan fingerprint density at radius 3 is 2.61 bits per heavy atom. The number of hydrogen-bond acceptors (Lipinski definition) is 4. The van der Waals surface area contributed by atoms with Crippen molar-refractivity contribution in [2.24, 2.45) is 5.92 Å².